The molecule has 0 saturated carbocycles. The number of ether oxygens (including phenoxy) is 1. The highest BCUT2D eigenvalue weighted by atomic mass is 16.6. The number of primary amides is 1. The number of nitrogens with two attached hydrogens (primary N) is 1. The third-order valence-corrected chi connectivity index (χ3v) is 1.54. The van der Waals surface area contributed by atoms with Gasteiger partial charge in [0.2, 0.25) is 5.75 Å². The summed E-state index contributed by atoms with van der Waals surface area (Å²) in [5, 5.41) is 10.5. The van der Waals surface area contributed by atoms with Crippen molar-refractivity contribution >= 4 is 11.6 Å². The standard InChI is InChI=1S/C7H7N3O4/c1-14-6-4(7(8)11)2-9-3-5(6)10(12)13/h2-3H,1H3,(H2,8,11). The molecule has 7 nitrogen and oxygen atoms in total. The van der Waals surface area contributed by atoms with E-state index in [-0.39, 0.29) is 17.0 Å². The van der Waals surface area contributed by atoms with Gasteiger partial charge in [0.25, 0.3) is 5.91 Å². The first kappa shape index (κ1) is 9.90. The molecule has 0 spiro atoms. The highest BCUT2D eigenvalue weighted by Crippen LogP contribution is 2.28. The van der Waals surface area contributed by atoms with Crippen LogP contribution in [0.1, 0.15) is 10.4 Å². The Labute approximate surface area is 78.6 Å². The smallest absolute Gasteiger partial charge is 0.329 e. The highest BCUT2D eigenvalue weighted by Gasteiger charge is 2.21. The van der Waals surface area contributed by atoms with Crippen LogP contribution >= 0.6 is 0 Å². The molecule has 0 aliphatic carbocycles. The summed E-state index contributed by atoms with van der Waals surface area (Å²) in [6, 6.07) is 0. The zero-order valence-corrected chi connectivity index (χ0v) is 7.26. The van der Waals surface area contributed by atoms with Crippen LogP contribution in [0, 0.1) is 10.1 Å². The average Bonchev–Trinajstić information content (AvgIpc) is 2.16. The molecular weight excluding hydrogens is 190 g/mol. The number of carbonyl (C=O) groups is 1. The lowest BCUT2D eigenvalue weighted by atomic mass is 10.2. The maximum absolute atomic E-state index is 10.8. The molecule has 1 rings (SSSR count). The van der Waals surface area contributed by atoms with Crippen LogP contribution in [0.15, 0.2) is 12.4 Å². The van der Waals surface area contributed by atoms with E-state index in [0.717, 1.165) is 12.4 Å². The molecule has 1 heterocycles. The SMILES string of the molecule is COc1c(C(N)=O)cncc1[N+](=O)[O-]. The number of rotatable bonds is 3. The minimum atomic E-state index is -0.821. The van der Waals surface area contributed by atoms with Crippen molar-refractivity contribution in [2.75, 3.05) is 7.11 Å². The van der Waals surface area contributed by atoms with Crippen LogP contribution < -0.4 is 10.5 Å². The summed E-state index contributed by atoms with van der Waals surface area (Å²) >= 11 is 0. The molecule has 0 bridgehead atoms. The van der Waals surface area contributed by atoms with Crippen molar-refractivity contribution in [3.63, 3.8) is 0 Å². The molecule has 0 atom stereocenters. The van der Waals surface area contributed by atoms with Gasteiger partial charge in [-0.1, -0.05) is 0 Å². The Hall–Kier alpha value is -2.18. The maximum Gasteiger partial charge on any atom is 0.329 e. The summed E-state index contributed by atoms with van der Waals surface area (Å²) in [6.07, 6.45) is 2.11. The van der Waals surface area contributed by atoms with Crippen LogP contribution in [0.3, 0.4) is 0 Å². The first-order chi connectivity index (χ1) is 6.57. The monoisotopic (exact) mass is 197 g/mol. The molecule has 0 aliphatic heterocycles. The minimum Gasteiger partial charge on any atom is -0.489 e. The molecule has 7 heteroatoms. The second-order valence-corrected chi connectivity index (χ2v) is 2.36. The molecule has 74 valence electrons. The summed E-state index contributed by atoms with van der Waals surface area (Å²) in [4.78, 5) is 24.1. The minimum absolute atomic E-state index is 0.110. The number of carbonyl (C=O) groups excluding carboxylic acids is 1. The Balaban J connectivity index is 3.39. The Morgan fingerprint density at radius 3 is 2.71 bits per heavy atom. The Bertz CT molecular complexity index is 358. The molecule has 0 unspecified atom stereocenters. The van der Waals surface area contributed by atoms with E-state index in [1.165, 1.54) is 7.11 Å². The summed E-state index contributed by atoms with van der Waals surface area (Å²) in [6.45, 7) is 0. The molecule has 1 aromatic heterocycles. The lowest BCUT2D eigenvalue weighted by molar-refractivity contribution is -0.386. The van der Waals surface area contributed by atoms with Crippen LogP contribution in [0.2, 0.25) is 0 Å². The van der Waals surface area contributed by atoms with Crippen LogP contribution in [0.4, 0.5) is 5.69 Å². The molecule has 0 aromatic carbocycles. The zero-order chi connectivity index (χ0) is 10.7. The number of pyridine rings is 1. The molecule has 0 radical (unpaired) electrons. The topological polar surface area (TPSA) is 108 Å². The van der Waals surface area contributed by atoms with Crippen LogP contribution in [0.5, 0.6) is 5.75 Å². The zero-order valence-electron chi connectivity index (χ0n) is 7.26. The number of nitro groups is 1. The Morgan fingerprint density at radius 2 is 2.29 bits per heavy atom. The van der Waals surface area contributed by atoms with E-state index in [2.05, 4.69) is 4.98 Å². The molecule has 0 aliphatic rings. The predicted molar refractivity (Wildman–Crippen MR) is 46.0 cm³/mol. The number of methoxy groups -OCH3 is 1. The van der Waals surface area contributed by atoms with Gasteiger partial charge in [-0.05, 0) is 0 Å². The molecule has 0 saturated heterocycles. The van der Waals surface area contributed by atoms with Crippen molar-refractivity contribution in [3.05, 3.63) is 28.1 Å². The number of nitrogens with zero attached hydrogens (tertiary/aromatic N) is 2. The predicted octanol–water partition coefficient (Wildman–Crippen LogP) is 0.0973. The second-order valence-electron chi connectivity index (χ2n) is 2.36. The van der Waals surface area contributed by atoms with Crippen LogP contribution in [-0.2, 0) is 0 Å². The first-order valence-corrected chi connectivity index (χ1v) is 3.54. The maximum atomic E-state index is 10.8. The van der Waals surface area contributed by atoms with Crippen LogP contribution in [0.25, 0.3) is 0 Å². The van der Waals surface area contributed by atoms with E-state index in [1.807, 2.05) is 0 Å². The molecule has 1 aromatic rings. The fourth-order valence-electron chi connectivity index (χ4n) is 0.958. The number of hydrogen-bond donors (Lipinski definition) is 1. The fraction of sp³-hybridized carbons (Fsp3) is 0.143. The van der Waals surface area contributed by atoms with Gasteiger partial charge in [-0.15, -0.1) is 0 Å². The number of hydrogen-bond acceptors (Lipinski definition) is 5. The molecule has 14 heavy (non-hydrogen) atoms. The van der Waals surface area contributed by atoms with E-state index in [0.29, 0.717) is 0 Å². The van der Waals surface area contributed by atoms with E-state index < -0.39 is 10.8 Å². The number of aromatic nitrogens is 1. The highest BCUT2D eigenvalue weighted by molar-refractivity contribution is 5.96. The normalized spacial score (nSPS) is 9.50. The second kappa shape index (κ2) is 3.69. The van der Waals surface area contributed by atoms with E-state index in [4.69, 9.17) is 10.5 Å². The summed E-state index contributed by atoms with van der Waals surface area (Å²) < 4.78 is 4.72. The lowest BCUT2D eigenvalue weighted by Gasteiger charge is -2.04. The number of amides is 1. The van der Waals surface area contributed by atoms with Crippen molar-refractivity contribution in [1.29, 1.82) is 0 Å². The summed E-state index contributed by atoms with van der Waals surface area (Å²) in [7, 11) is 1.22. The van der Waals surface area contributed by atoms with Crippen molar-refractivity contribution in [2.45, 2.75) is 0 Å². The van der Waals surface area contributed by atoms with Gasteiger partial charge >= 0.3 is 5.69 Å². The van der Waals surface area contributed by atoms with Gasteiger partial charge in [-0.25, -0.2) is 0 Å². The lowest BCUT2D eigenvalue weighted by Crippen LogP contribution is -2.13. The van der Waals surface area contributed by atoms with Crippen molar-refractivity contribution in [3.8, 4) is 5.75 Å². The third-order valence-electron chi connectivity index (χ3n) is 1.54. The molecular formula is C7H7N3O4. The quantitative estimate of drug-likeness (QED) is 0.545. The molecule has 1 amide bonds. The van der Waals surface area contributed by atoms with E-state index in [9.17, 15) is 14.9 Å². The van der Waals surface area contributed by atoms with Gasteiger partial charge in [0.05, 0.1) is 12.0 Å². The third kappa shape index (κ3) is 1.60. The fourth-order valence-corrected chi connectivity index (χ4v) is 0.958. The summed E-state index contributed by atoms with van der Waals surface area (Å²) in [5.74, 6) is -0.990. The van der Waals surface area contributed by atoms with E-state index >= 15 is 0 Å². The first-order valence-electron chi connectivity index (χ1n) is 3.54. The van der Waals surface area contributed by atoms with Crippen molar-refractivity contribution < 1.29 is 14.5 Å². The molecule has 0 fully saturated rings. The Morgan fingerprint density at radius 1 is 1.64 bits per heavy atom. The van der Waals surface area contributed by atoms with Gasteiger partial charge < -0.3 is 10.5 Å². The molecule has 2 N–H and O–H groups in total. The van der Waals surface area contributed by atoms with Gasteiger partial charge in [0, 0.05) is 6.20 Å². The van der Waals surface area contributed by atoms with Crippen LogP contribution in [-0.4, -0.2) is 22.9 Å². The average molecular weight is 197 g/mol. The van der Waals surface area contributed by atoms with Gasteiger partial charge in [0.1, 0.15) is 11.8 Å². The van der Waals surface area contributed by atoms with Gasteiger partial charge in [-0.2, -0.15) is 0 Å². The van der Waals surface area contributed by atoms with Gasteiger partial charge in [-0.3, -0.25) is 19.9 Å². The Kier molecular flexibility index (Phi) is 2.61. The van der Waals surface area contributed by atoms with E-state index in [1.54, 1.807) is 0 Å². The van der Waals surface area contributed by atoms with Gasteiger partial charge in [0.15, 0.2) is 0 Å². The van der Waals surface area contributed by atoms with Crippen molar-refractivity contribution in [2.24, 2.45) is 5.73 Å². The summed E-state index contributed by atoms with van der Waals surface area (Å²) in [5.41, 5.74) is 4.48. The largest absolute Gasteiger partial charge is 0.489 e. The van der Waals surface area contributed by atoms with Crippen molar-refractivity contribution in [1.82, 2.24) is 4.98 Å².